The lowest BCUT2D eigenvalue weighted by Crippen LogP contribution is -2.35. The molecule has 5 heteroatoms. The zero-order chi connectivity index (χ0) is 14.1. The Kier molecular flexibility index (Phi) is 2.84. The Morgan fingerprint density at radius 3 is 2.85 bits per heavy atom. The first-order valence-corrected chi connectivity index (χ1v) is 6.04. The Labute approximate surface area is 115 Å². The van der Waals surface area contributed by atoms with Crippen LogP contribution in [0.3, 0.4) is 0 Å². The Bertz CT molecular complexity index is 736. The maximum absolute atomic E-state index is 13.6. The summed E-state index contributed by atoms with van der Waals surface area (Å²) in [4.78, 5) is 13.4. The van der Waals surface area contributed by atoms with E-state index in [0.29, 0.717) is 11.4 Å². The van der Waals surface area contributed by atoms with Crippen molar-refractivity contribution in [2.45, 2.75) is 0 Å². The average Bonchev–Trinajstić information content (AvgIpc) is 2.45. The highest BCUT2D eigenvalue weighted by Crippen LogP contribution is 2.35. The molecule has 0 aliphatic carbocycles. The van der Waals surface area contributed by atoms with E-state index >= 15 is 0 Å². The lowest BCUT2D eigenvalue weighted by atomic mass is 10.1. The van der Waals surface area contributed by atoms with Crippen LogP contribution in [0, 0.1) is 17.1 Å². The predicted molar refractivity (Wildman–Crippen MR) is 73.2 cm³/mol. The largest absolute Gasteiger partial charge is 0.330 e. The average molecular weight is 267 g/mol. The van der Waals surface area contributed by atoms with Gasteiger partial charge in [0, 0.05) is 5.69 Å². The molecule has 2 aromatic rings. The van der Waals surface area contributed by atoms with Crippen LogP contribution >= 0.6 is 0 Å². The number of carbonyl (C=O) groups is 1. The first-order chi connectivity index (χ1) is 9.67. The number of hydrogen-bond donors (Lipinski definition) is 1. The van der Waals surface area contributed by atoms with E-state index in [-0.39, 0.29) is 18.0 Å². The van der Waals surface area contributed by atoms with E-state index in [1.54, 1.807) is 17.0 Å². The summed E-state index contributed by atoms with van der Waals surface area (Å²) in [5.41, 5.74) is 2.17. The molecule has 3 rings (SSSR count). The Morgan fingerprint density at radius 2 is 2.05 bits per heavy atom. The summed E-state index contributed by atoms with van der Waals surface area (Å²) in [6.07, 6.45) is 0. The van der Waals surface area contributed by atoms with Gasteiger partial charge in [0.25, 0.3) is 0 Å². The van der Waals surface area contributed by atoms with E-state index in [4.69, 9.17) is 5.26 Å². The molecule has 0 bridgehead atoms. The van der Waals surface area contributed by atoms with Crippen LogP contribution in [0.4, 0.5) is 21.5 Å². The molecule has 0 saturated carbocycles. The van der Waals surface area contributed by atoms with Crippen LogP contribution in [0.15, 0.2) is 42.5 Å². The van der Waals surface area contributed by atoms with Crippen LogP contribution in [-0.4, -0.2) is 12.5 Å². The van der Waals surface area contributed by atoms with Crippen LogP contribution in [0.2, 0.25) is 0 Å². The summed E-state index contributed by atoms with van der Waals surface area (Å²) in [5, 5.41) is 11.7. The molecule has 1 amide bonds. The number of rotatable bonds is 1. The van der Waals surface area contributed by atoms with Gasteiger partial charge in [0.05, 0.1) is 23.0 Å². The second-order valence-corrected chi connectivity index (χ2v) is 4.46. The second-order valence-electron chi connectivity index (χ2n) is 4.46. The fraction of sp³-hybridized carbons (Fsp3) is 0.0667. The third kappa shape index (κ3) is 2.08. The molecule has 1 aliphatic heterocycles. The summed E-state index contributed by atoms with van der Waals surface area (Å²) in [6, 6.07) is 13.2. The van der Waals surface area contributed by atoms with Crippen molar-refractivity contribution in [3.63, 3.8) is 0 Å². The molecule has 0 atom stereocenters. The highest BCUT2D eigenvalue weighted by atomic mass is 19.1. The second kappa shape index (κ2) is 4.67. The van der Waals surface area contributed by atoms with Crippen molar-refractivity contribution < 1.29 is 9.18 Å². The van der Waals surface area contributed by atoms with Crippen LogP contribution in [-0.2, 0) is 4.79 Å². The number of nitrogens with zero attached hydrogens (tertiary/aromatic N) is 2. The predicted octanol–water partition coefficient (Wildman–Crippen LogP) is 2.79. The normalized spacial score (nSPS) is 13.4. The van der Waals surface area contributed by atoms with Gasteiger partial charge in [-0.25, -0.2) is 4.39 Å². The van der Waals surface area contributed by atoms with E-state index in [0.717, 1.165) is 5.69 Å². The summed E-state index contributed by atoms with van der Waals surface area (Å²) in [6.45, 7) is 0.0886. The van der Waals surface area contributed by atoms with Gasteiger partial charge in [0.1, 0.15) is 12.4 Å². The summed E-state index contributed by atoms with van der Waals surface area (Å²) < 4.78 is 13.6. The number of nitrogens with one attached hydrogen (secondary N) is 1. The molecule has 2 aromatic carbocycles. The first kappa shape index (κ1) is 12.2. The van der Waals surface area contributed by atoms with Gasteiger partial charge in [-0.2, -0.15) is 5.26 Å². The van der Waals surface area contributed by atoms with Crippen molar-refractivity contribution in [2.24, 2.45) is 0 Å². The van der Waals surface area contributed by atoms with Crippen molar-refractivity contribution >= 4 is 23.0 Å². The van der Waals surface area contributed by atoms with Crippen LogP contribution in [0.1, 0.15) is 5.56 Å². The van der Waals surface area contributed by atoms with Crippen molar-refractivity contribution in [3.8, 4) is 6.07 Å². The molecule has 1 heterocycles. The molecule has 4 nitrogen and oxygen atoms in total. The fourth-order valence-electron chi connectivity index (χ4n) is 2.26. The molecule has 1 N–H and O–H groups in total. The molecule has 1 aliphatic rings. The maximum Gasteiger partial charge on any atom is 0.244 e. The van der Waals surface area contributed by atoms with Gasteiger partial charge in [0.2, 0.25) is 5.91 Å². The third-order valence-electron chi connectivity index (χ3n) is 3.09. The number of benzene rings is 2. The van der Waals surface area contributed by atoms with Crippen LogP contribution in [0.25, 0.3) is 0 Å². The number of para-hydroxylation sites is 2. The van der Waals surface area contributed by atoms with E-state index in [1.165, 1.54) is 12.1 Å². The molecule has 20 heavy (non-hydrogen) atoms. The molecular formula is C15H10FN3O. The number of anilines is 3. The van der Waals surface area contributed by atoms with Gasteiger partial charge < -0.3 is 10.2 Å². The minimum atomic E-state index is -0.498. The number of amides is 1. The summed E-state index contributed by atoms with van der Waals surface area (Å²) in [5.74, 6) is -0.672. The lowest BCUT2D eigenvalue weighted by Gasteiger charge is -2.31. The number of nitriles is 1. The SMILES string of the molecule is N#Cc1cc(F)cc(N2CC(=O)Nc3ccccc32)c1. The Hall–Kier alpha value is -2.87. The molecule has 0 spiro atoms. The van der Waals surface area contributed by atoms with E-state index < -0.39 is 5.82 Å². The molecule has 0 unspecified atom stereocenters. The summed E-state index contributed by atoms with van der Waals surface area (Å²) >= 11 is 0. The van der Waals surface area contributed by atoms with E-state index in [2.05, 4.69) is 5.32 Å². The van der Waals surface area contributed by atoms with Gasteiger partial charge in [0.15, 0.2) is 0 Å². The van der Waals surface area contributed by atoms with Crippen molar-refractivity contribution in [3.05, 3.63) is 53.8 Å². The molecular weight excluding hydrogens is 257 g/mol. The minimum absolute atomic E-state index is 0.0886. The maximum atomic E-state index is 13.6. The third-order valence-corrected chi connectivity index (χ3v) is 3.09. The Balaban J connectivity index is 2.13. The van der Waals surface area contributed by atoms with Gasteiger partial charge in [-0.15, -0.1) is 0 Å². The molecule has 0 aromatic heterocycles. The quantitative estimate of drug-likeness (QED) is 0.864. The van der Waals surface area contributed by atoms with Crippen LogP contribution in [0.5, 0.6) is 0 Å². The Morgan fingerprint density at radius 1 is 1.25 bits per heavy atom. The standard InChI is InChI=1S/C15H10FN3O/c16-11-5-10(8-17)6-12(7-11)19-9-15(20)18-13-3-1-2-4-14(13)19/h1-7H,9H2,(H,18,20). The molecule has 0 fully saturated rings. The molecule has 0 radical (unpaired) electrons. The lowest BCUT2D eigenvalue weighted by molar-refractivity contribution is -0.115. The minimum Gasteiger partial charge on any atom is -0.330 e. The van der Waals surface area contributed by atoms with Gasteiger partial charge in [-0.05, 0) is 30.3 Å². The first-order valence-electron chi connectivity index (χ1n) is 6.04. The smallest absolute Gasteiger partial charge is 0.244 e. The number of fused-ring (bicyclic) bond motifs is 1. The monoisotopic (exact) mass is 267 g/mol. The van der Waals surface area contributed by atoms with Crippen molar-refractivity contribution in [1.29, 1.82) is 5.26 Å². The number of hydrogen-bond acceptors (Lipinski definition) is 3. The topological polar surface area (TPSA) is 56.1 Å². The zero-order valence-corrected chi connectivity index (χ0v) is 10.4. The fourth-order valence-corrected chi connectivity index (χ4v) is 2.26. The van der Waals surface area contributed by atoms with Gasteiger partial charge >= 0.3 is 0 Å². The number of carbonyl (C=O) groups excluding carboxylic acids is 1. The van der Waals surface area contributed by atoms with Crippen molar-refractivity contribution in [1.82, 2.24) is 0 Å². The molecule has 98 valence electrons. The highest BCUT2D eigenvalue weighted by molar-refractivity contribution is 6.03. The number of halogens is 1. The van der Waals surface area contributed by atoms with E-state index in [9.17, 15) is 9.18 Å². The van der Waals surface area contributed by atoms with Crippen molar-refractivity contribution in [2.75, 3.05) is 16.8 Å². The van der Waals surface area contributed by atoms with Gasteiger partial charge in [-0.3, -0.25) is 4.79 Å². The zero-order valence-electron chi connectivity index (χ0n) is 10.4. The van der Waals surface area contributed by atoms with Gasteiger partial charge in [-0.1, -0.05) is 12.1 Å². The van der Waals surface area contributed by atoms with Crippen LogP contribution < -0.4 is 10.2 Å². The molecule has 0 saturated heterocycles. The van der Waals surface area contributed by atoms with E-state index in [1.807, 2.05) is 24.3 Å². The highest BCUT2D eigenvalue weighted by Gasteiger charge is 2.23. The summed E-state index contributed by atoms with van der Waals surface area (Å²) in [7, 11) is 0.